The van der Waals surface area contributed by atoms with E-state index in [4.69, 9.17) is 9.57 Å². The van der Waals surface area contributed by atoms with Crippen LogP contribution in [0.5, 0.6) is 11.5 Å². The predicted octanol–water partition coefficient (Wildman–Crippen LogP) is 1.64. The Hall–Kier alpha value is -1.88. The number of ether oxygens (including phenoxy) is 1. The average molecular weight is 231 g/mol. The third-order valence-corrected chi connectivity index (χ3v) is 2.83. The Morgan fingerprint density at radius 3 is 2.82 bits per heavy atom. The topological polar surface area (TPSA) is 47.5 Å². The van der Waals surface area contributed by atoms with Crippen molar-refractivity contribution in [3.8, 4) is 11.5 Å². The first-order valence-electron chi connectivity index (χ1n) is 5.57. The van der Waals surface area contributed by atoms with Crippen molar-refractivity contribution < 1.29 is 9.57 Å². The molecule has 1 aliphatic rings. The molecule has 0 aliphatic carbocycles. The molecule has 0 N–H and O–H groups in total. The van der Waals surface area contributed by atoms with Gasteiger partial charge < -0.3 is 9.57 Å². The second-order valence-electron chi connectivity index (χ2n) is 3.96. The van der Waals surface area contributed by atoms with Gasteiger partial charge in [-0.15, -0.1) is 5.06 Å². The van der Waals surface area contributed by atoms with Gasteiger partial charge in [-0.05, 0) is 12.5 Å². The molecular formula is C12H13N3O2. The van der Waals surface area contributed by atoms with E-state index in [2.05, 4.69) is 9.97 Å². The van der Waals surface area contributed by atoms with Gasteiger partial charge in [-0.2, -0.15) is 0 Å². The van der Waals surface area contributed by atoms with E-state index in [1.165, 1.54) is 12.7 Å². The largest absolute Gasteiger partial charge is 0.493 e. The molecule has 88 valence electrons. The summed E-state index contributed by atoms with van der Waals surface area (Å²) >= 11 is 0. The molecule has 2 aromatic rings. The highest BCUT2D eigenvalue weighted by atomic mass is 16.7. The Labute approximate surface area is 98.9 Å². The number of fused-ring (bicyclic) bond motifs is 1. The molecule has 0 spiro atoms. The van der Waals surface area contributed by atoms with Crippen molar-refractivity contribution in [1.82, 2.24) is 15.0 Å². The molecule has 2 heterocycles. The van der Waals surface area contributed by atoms with Gasteiger partial charge in [0.25, 0.3) is 0 Å². The van der Waals surface area contributed by atoms with E-state index >= 15 is 0 Å². The highest BCUT2D eigenvalue weighted by molar-refractivity contribution is 5.81. The molecule has 5 heteroatoms. The molecule has 0 amide bonds. The normalized spacial score (nSPS) is 15.6. The maximum atomic E-state index is 5.73. The zero-order valence-corrected chi connectivity index (χ0v) is 9.59. The van der Waals surface area contributed by atoms with E-state index in [0.717, 1.165) is 29.7 Å². The van der Waals surface area contributed by atoms with Gasteiger partial charge in [0.2, 0.25) is 0 Å². The van der Waals surface area contributed by atoms with Gasteiger partial charge in [-0.25, -0.2) is 9.97 Å². The molecule has 5 nitrogen and oxygen atoms in total. The highest BCUT2D eigenvalue weighted by Crippen LogP contribution is 2.32. The van der Waals surface area contributed by atoms with E-state index in [-0.39, 0.29) is 0 Å². The Morgan fingerprint density at radius 2 is 2.12 bits per heavy atom. The molecule has 1 fully saturated rings. The van der Waals surface area contributed by atoms with Crippen molar-refractivity contribution in [1.29, 1.82) is 0 Å². The quantitative estimate of drug-likeness (QED) is 0.803. The summed E-state index contributed by atoms with van der Waals surface area (Å²) in [5, 5.41) is 2.86. The van der Waals surface area contributed by atoms with Crippen molar-refractivity contribution in [2.45, 2.75) is 6.42 Å². The molecule has 1 saturated heterocycles. The molecule has 17 heavy (non-hydrogen) atoms. The van der Waals surface area contributed by atoms with Crippen LogP contribution in [0.15, 0.2) is 24.7 Å². The lowest BCUT2D eigenvalue weighted by atomic mass is 10.2. The molecule has 1 aromatic carbocycles. The average Bonchev–Trinajstić information content (AvgIpc) is 2.32. The van der Waals surface area contributed by atoms with E-state index in [0.29, 0.717) is 5.75 Å². The molecule has 0 atom stereocenters. The minimum Gasteiger partial charge on any atom is -0.493 e. The van der Waals surface area contributed by atoms with Gasteiger partial charge in [0, 0.05) is 30.7 Å². The molecular weight excluding hydrogens is 218 g/mol. The third kappa shape index (κ3) is 1.89. The standard InChI is InChI=1S/C12H13N3O2/c1-16-11-6-10-9(7-13-8-14-10)5-12(11)17-15-3-2-4-15/h5-8H,2-4H2,1H3. The van der Waals surface area contributed by atoms with Gasteiger partial charge >= 0.3 is 0 Å². The molecule has 1 aromatic heterocycles. The Morgan fingerprint density at radius 1 is 1.24 bits per heavy atom. The number of nitrogens with zero attached hydrogens (tertiary/aromatic N) is 3. The van der Waals surface area contributed by atoms with E-state index in [9.17, 15) is 0 Å². The van der Waals surface area contributed by atoms with Crippen LogP contribution < -0.4 is 9.57 Å². The molecule has 3 rings (SSSR count). The predicted molar refractivity (Wildman–Crippen MR) is 62.9 cm³/mol. The van der Waals surface area contributed by atoms with E-state index < -0.39 is 0 Å². The lowest BCUT2D eigenvalue weighted by Crippen LogP contribution is -2.39. The van der Waals surface area contributed by atoms with Gasteiger partial charge in [0.05, 0.1) is 12.6 Å². The van der Waals surface area contributed by atoms with Gasteiger partial charge in [0.1, 0.15) is 6.33 Å². The summed E-state index contributed by atoms with van der Waals surface area (Å²) in [4.78, 5) is 13.9. The molecule has 0 saturated carbocycles. The Bertz CT molecular complexity index is 540. The second-order valence-corrected chi connectivity index (χ2v) is 3.96. The number of aromatic nitrogens is 2. The van der Waals surface area contributed by atoms with E-state index in [1.807, 2.05) is 17.2 Å². The minimum atomic E-state index is 0.697. The number of hydroxylamine groups is 2. The Kier molecular flexibility index (Phi) is 2.53. The summed E-state index contributed by atoms with van der Waals surface area (Å²) in [6.07, 6.45) is 4.47. The number of methoxy groups -OCH3 is 1. The zero-order chi connectivity index (χ0) is 11.7. The lowest BCUT2D eigenvalue weighted by Gasteiger charge is -2.30. The van der Waals surface area contributed by atoms with Crippen LogP contribution in [-0.2, 0) is 0 Å². The highest BCUT2D eigenvalue weighted by Gasteiger charge is 2.18. The number of rotatable bonds is 3. The molecule has 0 unspecified atom stereocenters. The summed E-state index contributed by atoms with van der Waals surface area (Å²) in [5.74, 6) is 1.41. The SMILES string of the molecule is COc1cc2ncncc2cc1ON1CCC1. The summed E-state index contributed by atoms with van der Waals surface area (Å²) in [6, 6.07) is 3.78. The van der Waals surface area contributed by atoms with Gasteiger partial charge in [-0.3, -0.25) is 0 Å². The van der Waals surface area contributed by atoms with Crippen LogP contribution >= 0.6 is 0 Å². The first-order chi connectivity index (χ1) is 8.36. The zero-order valence-electron chi connectivity index (χ0n) is 9.59. The monoisotopic (exact) mass is 231 g/mol. The summed E-state index contributed by atoms with van der Waals surface area (Å²) in [5.41, 5.74) is 0.854. The summed E-state index contributed by atoms with van der Waals surface area (Å²) < 4.78 is 5.31. The third-order valence-electron chi connectivity index (χ3n) is 2.83. The lowest BCUT2D eigenvalue weighted by molar-refractivity contribution is -0.108. The van der Waals surface area contributed by atoms with Crippen LogP contribution in [0.25, 0.3) is 10.9 Å². The smallest absolute Gasteiger partial charge is 0.190 e. The minimum absolute atomic E-state index is 0.697. The number of hydrogen-bond donors (Lipinski definition) is 0. The van der Waals surface area contributed by atoms with Crippen molar-refractivity contribution in [2.75, 3.05) is 20.2 Å². The van der Waals surface area contributed by atoms with Crippen molar-refractivity contribution in [3.63, 3.8) is 0 Å². The summed E-state index contributed by atoms with van der Waals surface area (Å²) in [7, 11) is 1.63. The van der Waals surface area contributed by atoms with Crippen LogP contribution in [0.1, 0.15) is 6.42 Å². The number of hydrogen-bond acceptors (Lipinski definition) is 5. The van der Waals surface area contributed by atoms with Crippen LogP contribution in [-0.4, -0.2) is 35.2 Å². The van der Waals surface area contributed by atoms with E-state index in [1.54, 1.807) is 13.3 Å². The van der Waals surface area contributed by atoms with Gasteiger partial charge in [-0.1, -0.05) is 0 Å². The Balaban J connectivity index is 2.01. The van der Waals surface area contributed by atoms with Crippen molar-refractivity contribution in [3.05, 3.63) is 24.7 Å². The molecule has 0 bridgehead atoms. The van der Waals surface area contributed by atoms with Crippen molar-refractivity contribution in [2.24, 2.45) is 0 Å². The van der Waals surface area contributed by atoms with Crippen LogP contribution in [0, 0.1) is 0 Å². The fourth-order valence-corrected chi connectivity index (χ4v) is 1.74. The first-order valence-corrected chi connectivity index (χ1v) is 5.57. The maximum Gasteiger partial charge on any atom is 0.190 e. The molecule has 0 radical (unpaired) electrons. The van der Waals surface area contributed by atoms with Crippen LogP contribution in [0.2, 0.25) is 0 Å². The number of benzene rings is 1. The van der Waals surface area contributed by atoms with Crippen LogP contribution in [0.4, 0.5) is 0 Å². The van der Waals surface area contributed by atoms with Crippen LogP contribution in [0.3, 0.4) is 0 Å². The summed E-state index contributed by atoms with van der Waals surface area (Å²) in [6.45, 7) is 1.93. The second kappa shape index (κ2) is 4.18. The maximum absolute atomic E-state index is 5.73. The first kappa shape index (κ1) is 10.3. The van der Waals surface area contributed by atoms with Crippen molar-refractivity contribution >= 4 is 10.9 Å². The molecule has 1 aliphatic heterocycles. The van der Waals surface area contributed by atoms with Gasteiger partial charge in [0.15, 0.2) is 11.5 Å². The fourth-order valence-electron chi connectivity index (χ4n) is 1.74. The fraction of sp³-hybridized carbons (Fsp3) is 0.333.